The highest BCUT2D eigenvalue weighted by molar-refractivity contribution is 6.06. The smallest absolute Gasteiger partial charge is 0.135 e. The first-order chi connectivity index (χ1) is 28.0. The molecule has 9 aromatic carbocycles. The van der Waals surface area contributed by atoms with Gasteiger partial charge in [-0.15, -0.1) is 0 Å². The monoisotopic (exact) mass is 729 g/mol. The third kappa shape index (κ3) is 5.56. The van der Waals surface area contributed by atoms with E-state index < -0.39 is 0 Å². The third-order valence-electron chi connectivity index (χ3n) is 12.1. The van der Waals surface area contributed by atoms with Crippen LogP contribution in [-0.2, 0) is 5.41 Å². The summed E-state index contributed by atoms with van der Waals surface area (Å²) in [7, 11) is 0. The second kappa shape index (κ2) is 13.0. The molecule has 0 saturated heterocycles. The number of para-hydroxylation sites is 1. The van der Waals surface area contributed by atoms with Crippen LogP contribution in [0.3, 0.4) is 0 Å². The van der Waals surface area contributed by atoms with E-state index in [1.807, 2.05) is 12.1 Å². The van der Waals surface area contributed by atoms with Crippen LogP contribution >= 0.6 is 0 Å². The van der Waals surface area contributed by atoms with Gasteiger partial charge in [-0.25, -0.2) is 0 Å². The Morgan fingerprint density at radius 3 is 1.74 bits per heavy atom. The van der Waals surface area contributed by atoms with Crippen LogP contribution in [-0.4, -0.2) is 0 Å². The number of furan rings is 1. The molecule has 10 aromatic rings. The van der Waals surface area contributed by atoms with Crippen molar-refractivity contribution in [2.24, 2.45) is 0 Å². The number of hydrogen-bond acceptors (Lipinski definition) is 2. The van der Waals surface area contributed by atoms with Gasteiger partial charge in [-0.3, -0.25) is 0 Å². The largest absolute Gasteiger partial charge is 0.456 e. The number of anilines is 3. The minimum atomic E-state index is -0.105. The van der Waals surface area contributed by atoms with Crippen LogP contribution in [0.5, 0.6) is 0 Å². The summed E-state index contributed by atoms with van der Waals surface area (Å²) < 4.78 is 6.25. The van der Waals surface area contributed by atoms with Gasteiger partial charge in [-0.1, -0.05) is 153 Å². The van der Waals surface area contributed by atoms with E-state index in [-0.39, 0.29) is 5.41 Å². The minimum absolute atomic E-state index is 0.105. The summed E-state index contributed by atoms with van der Waals surface area (Å²) in [5.41, 5.74) is 17.6. The molecule has 0 amide bonds. The van der Waals surface area contributed by atoms with E-state index in [9.17, 15) is 0 Å². The van der Waals surface area contributed by atoms with Crippen molar-refractivity contribution < 1.29 is 4.42 Å². The van der Waals surface area contributed by atoms with Gasteiger partial charge in [0, 0.05) is 33.2 Å². The lowest BCUT2D eigenvalue weighted by molar-refractivity contribution is 0.660. The average molecular weight is 730 g/mol. The van der Waals surface area contributed by atoms with E-state index in [1.165, 1.54) is 66.4 Å². The van der Waals surface area contributed by atoms with Gasteiger partial charge in [0.05, 0.1) is 0 Å². The lowest BCUT2D eigenvalue weighted by Crippen LogP contribution is -2.16. The molecule has 0 radical (unpaired) electrons. The number of hydrogen-bond donors (Lipinski definition) is 0. The van der Waals surface area contributed by atoms with Crippen LogP contribution in [0.2, 0.25) is 0 Å². The average Bonchev–Trinajstić information content (AvgIpc) is 3.75. The number of fused-ring (bicyclic) bond motifs is 7. The molecule has 0 atom stereocenters. The van der Waals surface area contributed by atoms with Gasteiger partial charge in [-0.2, -0.15) is 0 Å². The van der Waals surface area contributed by atoms with Crippen LogP contribution < -0.4 is 4.90 Å². The molecule has 0 unspecified atom stereocenters. The maximum Gasteiger partial charge on any atom is 0.135 e. The van der Waals surface area contributed by atoms with Gasteiger partial charge < -0.3 is 9.32 Å². The highest BCUT2D eigenvalue weighted by atomic mass is 16.3. The van der Waals surface area contributed by atoms with Gasteiger partial charge in [0.15, 0.2) is 0 Å². The molecule has 2 nitrogen and oxygen atoms in total. The molecular formula is C55H39NO. The number of benzene rings is 9. The Labute approximate surface area is 332 Å². The summed E-state index contributed by atoms with van der Waals surface area (Å²) in [4.78, 5) is 2.38. The molecule has 57 heavy (non-hydrogen) atoms. The zero-order valence-corrected chi connectivity index (χ0v) is 31.9. The molecule has 2 heteroatoms. The Kier molecular flexibility index (Phi) is 7.55. The quantitative estimate of drug-likeness (QED) is 0.169. The Morgan fingerprint density at radius 2 is 0.912 bits per heavy atom. The van der Waals surface area contributed by atoms with Crippen molar-refractivity contribution in [1.82, 2.24) is 0 Å². The van der Waals surface area contributed by atoms with Crippen molar-refractivity contribution in [3.05, 3.63) is 211 Å². The summed E-state index contributed by atoms with van der Waals surface area (Å²) in [6, 6.07) is 72.7. The van der Waals surface area contributed by atoms with Crippen molar-refractivity contribution in [1.29, 1.82) is 0 Å². The van der Waals surface area contributed by atoms with Crippen molar-refractivity contribution in [3.8, 4) is 44.5 Å². The molecule has 1 aromatic heterocycles. The van der Waals surface area contributed by atoms with Gasteiger partial charge in [-0.05, 0) is 127 Å². The molecule has 270 valence electrons. The van der Waals surface area contributed by atoms with E-state index in [2.05, 4.69) is 207 Å². The predicted molar refractivity (Wildman–Crippen MR) is 240 cm³/mol. The van der Waals surface area contributed by atoms with Crippen LogP contribution in [0.25, 0.3) is 77.2 Å². The Hall–Kier alpha value is -7.16. The van der Waals surface area contributed by atoms with E-state index in [4.69, 9.17) is 4.42 Å². The molecule has 0 fully saturated rings. The van der Waals surface area contributed by atoms with Crippen molar-refractivity contribution in [3.63, 3.8) is 0 Å². The van der Waals surface area contributed by atoms with E-state index in [0.29, 0.717) is 0 Å². The maximum atomic E-state index is 6.25. The van der Waals surface area contributed by atoms with Gasteiger partial charge >= 0.3 is 0 Å². The van der Waals surface area contributed by atoms with Crippen LogP contribution in [0.4, 0.5) is 17.1 Å². The molecular weight excluding hydrogens is 691 g/mol. The molecule has 1 heterocycles. The summed E-state index contributed by atoms with van der Waals surface area (Å²) in [6.07, 6.45) is 0. The lowest BCUT2D eigenvalue weighted by Gasteiger charge is -2.28. The first-order valence-corrected chi connectivity index (χ1v) is 19.7. The molecule has 11 rings (SSSR count). The van der Waals surface area contributed by atoms with Crippen molar-refractivity contribution in [2.75, 3.05) is 4.90 Å². The van der Waals surface area contributed by atoms with Crippen molar-refractivity contribution in [2.45, 2.75) is 19.3 Å². The Balaban J connectivity index is 0.946. The first kappa shape index (κ1) is 33.2. The van der Waals surface area contributed by atoms with Crippen LogP contribution in [0.15, 0.2) is 205 Å². The molecule has 0 bridgehead atoms. The van der Waals surface area contributed by atoms with E-state index >= 15 is 0 Å². The SMILES string of the molecule is CC1(C)c2ccccc2-c2ccc(N(c3ccc(-c4ccc(-c5cccc(-c6ccc7ccccc7c6)c5)cc4)cc3)c3ccc4oc5ccccc5c4c3)cc21. The highest BCUT2D eigenvalue weighted by Crippen LogP contribution is 2.51. The van der Waals surface area contributed by atoms with Gasteiger partial charge in [0.25, 0.3) is 0 Å². The summed E-state index contributed by atoms with van der Waals surface area (Å²) in [6.45, 7) is 4.69. The Morgan fingerprint density at radius 1 is 0.351 bits per heavy atom. The van der Waals surface area contributed by atoms with Crippen LogP contribution in [0, 0.1) is 0 Å². The summed E-state index contributed by atoms with van der Waals surface area (Å²) in [5, 5.41) is 4.76. The molecule has 1 aliphatic carbocycles. The fourth-order valence-electron chi connectivity index (χ4n) is 9.04. The van der Waals surface area contributed by atoms with Gasteiger partial charge in [0.1, 0.15) is 11.2 Å². The minimum Gasteiger partial charge on any atom is -0.456 e. The molecule has 0 saturated carbocycles. The van der Waals surface area contributed by atoms with Crippen molar-refractivity contribution >= 4 is 49.8 Å². The van der Waals surface area contributed by atoms with Gasteiger partial charge in [0.2, 0.25) is 0 Å². The number of nitrogens with zero attached hydrogens (tertiary/aromatic N) is 1. The Bertz CT molecular complexity index is 3150. The topological polar surface area (TPSA) is 16.4 Å². The third-order valence-corrected chi connectivity index (χ3v) is 12.1. The van der Waals surface area contributed by atoms with E-state index in [1.54, 1.807) is 0 Å². The molecule has 1 aliphatic rings. The van der Waals surface area contributed by atoms with Crippen LogP contribution in [0.1, 0.15) is 25.0 Å². The second-order valence-corrected chi connectivity index (χ2v) is 15.8. The highest BCUT2D eigenvalue weighted by Gasteiger charge is 2.35. The fraction of sp³-hybridized carbons (Fsp3) is 0.0545. The zero-order valence-electron chi connectivity index (χ0n) is 31.9. The fourth-order valence-corrected chi connectivity index (χ4v) is 9.04. The standard InChI is InChI=1S/C55H39NO/c1-55(2)51-16-7-5-14-47(51)48-30-28-46(35-52(48)55)56(45-29-31-54-50(34-45)49-15-6-8-17-53(49)57-54)44-26-24-38(25-27-44)37-18-20-39(21-19-37)41-12-9-13-42(32-41)43-23-22-36-10-3-4-11-40(36)33-43/h3-35H,1-2H3. The maximum absolute atomic E-state index is 6.25. The second-order valence-electron chi connectivity index (χ2n) is 15.8. The summed E-state index contributed by atoms with van der Waals surface area (Å²) in [5.74, 6) is 0. The van der Waals surface area contributed by atoms with E-state index in [0.717, 1.165) is 39.0 Å². The molecule has 0 N–H and O–H groups in total. The molecule has 0 aliphatic heterocycles. The number of rotatable bonds is 6. The predicted octanol–water partition coefficient (Wildman–Crippen LogP) is 15.5. The summed E-state index contributed by atoms with van der Waals surface area (Å²) >= 11 is 0. The normalized spacial score (nSPS) is 12.9. The first-order valence-electron chi connectivity index (χ1n) is 19.7. The lowest BCUT2D eigenvalue weighted by atomic mass is 9.82. The zero-order chi connectivity index (χ0) is 38.1. The molecule has 0 spiro atoms.